The number of nitrogens with zero attached hydrogens (tertiary/aromatic N) is 2. The third kappa shape index (κ3) is 7.55. The minimum Gasteiger partial charge on any atom is -0.467 e. The number of carbonyl (C=O) groups is 2. The summed E-state index contributed by atoms with van der Waals surface area (Å²) in [6.07, 6.45) is -2.06. The summed E-state index contributed by atoms with van der Waals surface area (Å²) >= 11 is 0. The van der Waals surface area contributed by atoms with Crippen molar-refractivity contribution >= 4 is 23.4 Å². The van der Waals surface area contributed by atoms with Crippen LogP contribution in [0, 0.1) is 0 Å². The van der Waals surface area contributed by atoms with Crippen molar-refractivity contribution in [2.45, 2.75) is 25.2 Å². The SMILES string of the molecule is COC(=O)[C@H](O)[C@H](Cc1ccccc1)NC(=O)OCc1ccc(N=Nc2ccccc2)cc1. The molecule has 2 atom stereocenters. The zero-order chi connectivity index (χ0) is 23.5. The molecular weight excluding hydrogens is 422 g/mol. The van der Waals surface area contributed by atoms with Crippen molar-refractivity contribution in [3.8, 4) is 0 Å². The third-order valence-corrected chi connectivity index (χ3v) is 4.77. The third-order valence-electron chi connectivity index (χ3n) is 4.77. The Morgan fingerprint density at radius 3 is 2.03 bits per heavy atom. The van der Waals surface area contributed by atoms with Crippen LogP contribution >= 0.6 is 0 Å². The number of nitrogens with one attached hydrogen (secondary N) is 1. The van der Waals surface area contributed by atoms with E-state index in [9.17, 15) is 14.7 Å². The van der Waals surface area contributed by atoms with Crippen LogP contribution in [0.25, 0.3) is 0 Å². The Morgan fingerprint density at radius 2 is 1.42 bits per heavy atom. The second-order valence-corrected chi connectivity index (χ2v) is 7.19. The van der Waals surface area contributed by atoms with Crippen LogP contribution in [-0.4, -0.2) is 36.4 Å². The predicted octanol–water partition coefficient (Wildman–Crippen LogP) is 4.47. The number of esters is 1. The van der Waals surface area contributed by atoms with Gasteiger partial charge in [0.1, 0.15) is 6.61 Å². The fourth-order valence-electron chi connectivity index (χ4n) is 3.01. The molecule has 3 rings (SSSR count). The van der Waals surface area contributed by atoms with Gasteiger partial charge in [-0.3, -0.25) is 0 Å². The van der Waals surface area contributed by atoms with Gasteiger partial charge in [0.2, 0.25) is 0 Å². The van der Waals surface area contributed by atoms with Crippen LogP contribution in [0.4, 0.5) is 16.2 Å². The van der Waals surface area contributed by atoms with Crippen LogP contribution in [0.1, 0.15) is 11.1 Å². The molecule has 0 aliphatic heterocycles. The molecule has 0 spiro atoms. The van der Waals surface area contributed by atoms with Crippen LogP contribution in [0.2, 0.25) is 0 Å². The van der Waals surface area contributed by atoms with E-state index < -0.39 is 24.2 Å². The number of methoxy groups -OCH3 is 1. The Hall–Kier alpha value is -4.04. The fourth-order valence-corrected chi connectivity index (χ4v) is 3.01. The minimum absolute atomic E-state index is 0.00825. The van der Waals surface area contributed by atoms with E-state index in [1.807, 2.05) is 60.7 Å². The molecule has 0 saturated heterocycles. The van der Waals surface area contributed by atoms with E-state index in [0.717, 1.165) is 16.8 Å². The molecule has 33 heavy (non-hydrogen) atoms. The van der Waals surface area contributed by atoms with Crippen LogP contribution in [0.15, 0.2) is 95.2 Å². The molecule has 0 radical (unpaired) electrons. The Kier molecular flexibility index (Phi) is 8.67. The number of aliphatic hydroxyl groups excluding tert-OH is 1. The lowest BCUT2D eigenvalue weighted by atomic mass is 10.0. The first-order valence-electron chi connectivity index (χ1n) is 10.3. The van der Waals surface area contributed by atoms with Crippen molar-refractivity contribution in [2.24, 2.45) is 10.2 Å². The highest BCUT2D eigenvalue weighted by Crippen LogP contribution is 2.18. The normalized spacial score (nSPS) is 12.7. The molecule has 2 N–H and O–H groups in total. The summed E-state index contributed by atoms with van der Waals surface area (Å²) < 4.78 is 9.86. The average molecular weight is 447 g/mol. The van der Waals surface area contributed by atoms with Gasteiger partial charge in [-0.1, -0.05) is 60.7 Å². The summed E-state index contributed by atoms with van der Waals surface area (Å²) in [6.45, 7) is 0.00825. The number of alkyl carbamates (subject to hydrolysis) is 1. The lowest BCUT2D eigenvalue weighted by Crippen LogP contribution is -2.48. The predicted molar refractivity (Wildman–Crippen MR) is 122 cm³/mol. The van der Waals surface area contributed by atoms with Gasteiger partial charge >= 0.3 is 12.1 Å². The fraction of sp³-hybridized carbons (Fsp3) is 0.200. The van der Waals surface area contributed by atoms with Gasteiger partial charge in [-0.15, -0.1) is 0 Å². The highest BCUT2D eigenvalue weighted by Gasteiger charge is 2.29. The van der Waals surface area contributed by atoms with E-state index in [-0.39, 0.29) is 13.0 Å². The number of rotatable bonds is 9. The van der Waals surface area contributed by atoms with Crippen molar-refractivity contribution in [2.75, 3.05) is 7.11 Å². The molecule has 0 unspecified atom stereocenters. The average Bonchev–Trinajstić information content (AvgIpc) is 2.86. The number of hydrogen-bond acceptors (Lipinski definition) is 7. The summed E-state index contributed by atoms with van der Waals surface area (Å²) in [5, 5.41) is 21.1. The van der Waals surface area contributed by atoms with Crippen molar-refractivity contribution in [1.82, 2.24) is 5.32 Å². The van der Waals surface area contributed by atoms with E-state index in [4.69, 9.17) is 4.74 Å². The Morgan fingerprint density at radius 1 is 0.848 bits per heavy atom. The standard InChI is InChI=1S/C25H25N3O5/c1-32-24(30)23(29)22(16-18-8-4-2-5-9-18)26-25(31)33-17-19-12-14-21(15-13-19)28-27-20-10-6-3-7-11-20/h2-15,22-23,29H,16-17H2,1H3,(H,26,31)/t22-,23+/m0/s1. The van der Waals surface area contributed by atoms with Crippen molar-refractivity contribution in [3.05, 3.63) is 96.1 Å². The van der Waals surface area contributed by atoms with E-state index in [1.54, 1.807) is 24.3 Å². The Labute approximate surface area is 191 Å². The second-order valence-electron chi connectivity index (χ2n) is 7.19. The second kappa shape index (κ2) is 12.1. The molecular formula is C25H25N3O5. The van der Waals surface area contributed by atoms with E-state index in [1.165, 1.54) is 7.11 Å². The quantitative estimate of drug-likeness (QED) is 0.371. The van der Waals surface area contributed by atoms with Crippen LogP contribution in [0.5, 0.6) is 0 Å². The monoisotopic (exact) mass is 447 g/mol. The first-order chi connectivity index (χ1) is 16.0. The largest absolute Gasteiger partial charge is 0.467 e. The van der Waals surface area contributed by atoms with Gasteiger partial charge in [-0.25, -0.2) is 9.59 Å². The van der Waals surface area contributed by atoms with Crippen molar-refractivity contribution in [3.63, 3.8) is 0 Å². The zero-order valence-corrected chi connectivity index (χ0v) is 18.1. The summed E-state index contributed by atoms with van der Waals surface area (Å²) in [5.74, 6) is -0.837. The number of carbonyl (C=O) groups excluding carboxylic acids is 2. The smallest absolute Gasteiger partial charge is 0.407 e. The number of hydrogen-bond donors (Lipinski definition) is 2. The first kappa shape index (κ1) is 23.6. The van der Waals surface area contributed by atoms with E-state index >= 15 is 0 Å². The molecule has 8 heteroatoms. The van der Waals surface area contributed by atoms with E-state index in [2.05, 4.69) is 20.3 Å². The molecule has 170 valence electrons. The molecule has 0 aromatic heterocycles. The molecule has 0 bridgehead atoms. The summed E-state index contributed by atoms with van der Waals surface area (Å²) in [5.41, 5.74) is 3.00. The number of ether oxygens (including phenoxy) is 2. The minimum atomic E-state index is -1.53. The maximum atomic E-state index is 12.3. The molecule has 8 nitrogen and oxygen atoms in total. The van der Waals surface area contributed by atoms with Crippen LogP contribution < -0.4 is 5.32 Å². The van der Waals surface area contributed by atoms with Gasteiger partial charge in [-0.2, -0.15) is 10.2 Å². The van der Waals surface area contributed by atoms with Crippen molar-refractivity contribution < 1.29 is 24.2 Å². The molecule has 3 aromatic carbocycles. The summed E-state index contributed by atoms with van der Waals surface area (Å²) in [7, 11) is 1.17. The molecule has 0 aliphatic carbocycles. The molecule has 0 heterocycles. The van der Waals surface area contributed by atoms with Gasteiger partial charge in [0, 0.05) is 0 Å². The Bertz CT molecular complexity index is 1060. The highest BCUT2D eigenvalue weighted by molar-refractivity contribution is 5.77. The van der Waals surface area contributed by atoms with Crippen LogP contribution in [0.3, 0.4) is 0 Å². The maximum absolute atomic E-state index is 12.3. The molecule has 0 saturated carbocycles. The number of aliphatic hydroxyl groups is 1. The number of azo groups is 1. The zero-order valence-electron chi connectivity index (χ0n) is 18.1. The topological polar surface area (TPSA) is 110 Å². The van der Waals surface area contributed by atoms with E-state index in [0.29, 0.717) is 5.69 Å². The summed E-state index contributed by atoms with van der Waals surface area (Å²) in [6, 6.07) is 24.7. The number of benzene rings is 3. The van der Waals surface area contributed by atoms with Gasteiger partial charge in [0.15, 0.2) is 6.10 Å². The van der Waals surface area contributed by atoms with Crippen LogP contribution in [-0.2, 0) is 27.3 Å². The van der Waals surface area contributed by atoms with Gasteiger partial charge in [0.25, 0.3) is 0 Å². The molecule has 3 aromatic rings. The van der Waals surface area contributed by atoms with Gasteiger partial charge < -0.3 is 19.9 Å². The maximum Gasteiger partial charge on any atom is 0.407 e. The first-order valence-corrected chi connectivity index (χ1v) is 10.3. The summed E-state index contributed by atoms with van der Waals surface area (Å²) in [4.78, 5) is 24.1. The van der Waals surface area contributed by atoms with Crippen molar-refractivity contribution in [1.29, 1.82) is 0 Å². The van der Waals surface area contributed by atoms with Gasteiger partial charge in [0.05, 0.1) is 24.5 Å². The molecule has 1 amide bonds. The number of amides is 1. The molecule has 0 aliphatic rings. The lowest BCUT2D eigenvalue weighted by Gasteiger charge is -2.22. The molecule has 0 fully saturated rings. The Balaban J connectivity index is 1.55. The highest BCUT2D eigenvalue weighted by atomic mass is 16.6. The lowest BCUT2D eigenvalue weighted by molar-refractivity contribution is -0.151. The van der Waals surface area contributed by atoms with Gasteiger partial charge in [-0.05, 0) is 41.8 Å².